The van der Waals surface area contributed by atoms with Crippen molar-refractivity contribution in [2.24, 2.45) is 0 Å². The second kappa shape index (κ2) is 7.59. The van der Waals surface area contributed by atoms with E-state index in [4.69, 9.17) is 0 Å². The van der Waals surface area contributed by atoms with Gasteiger partial charge in [-0.15, -0.1) is 0 Å². The van der Waals surface area contributed by atoms with E-state index in [1.54, 1.807) is 12.1 Å². The van der Waals surface area contributed by atoms with E-state index in [1.807, 2.05) is 0 Å². The molecular weight excluding hydrogens is 332 g/mol. The molecule has 8 heteroatoms. The number of hydrogen-bond donors (Lipinski definition) is 0. The summed E-state index contributed by atoms with van der Waals surface area (Å²) in [5.41, 5.74) is 0.104. The summed E-state index contributed by atoms with van der Waals surface area (Å²) in [5.74, 6) is -1.85. The van der Waals surface area contributed by atoms with Crippen molar-refractivity contribution in [2.45, 2.75) is 0 Å². The monoisotopic (exact) mass is 344 g/mol. The maximum atomic E-state index is 12.2. The van der Waals surface area contributed by atoms with Crippen LogP contribution in [-0.2, 0) is 19.1 Å². The summed E-state index contributed by atoms with van der Waals surface area (Å²) in [7, 11) is 2.39. The molecule has 0 fully saturated rings. The third-order valence-corrected chi connectivity index (χ3v) is 2.76. The van der Waals surface area contributed by atoms with Crippen molar-refractivity contribution < 1.29 is 23.9 Å². The van der Waals surface area contributed by atoms with Crippen LogP contribution in [0.2, 0.25) is 0 Å². The maximum absolute atomic E-state index is 12.2. The van der Waals surface area contributed by atoms with Crippen LogP contribution in [0, 0.1) is 0 Å². The highest BCUT2D eigenvalue weighted by molar-refractivity contribution is 9.10. The number of nitrogens with zero attached hydrogens (tertiary/aromatic N) is 2. The second-order valence-electron chi connectivity index (χ2n) is 3.66. The topological polar surface area (TPSA) is 85.8 Å². The fourth-order valence-electron chi connectivity index (χ4n) is 1.33. The zero-order valence-corrected chi connectivity index (χ0v) is 12.5. The van der Waals surface area contributed by atoms with Gasteiger partial charge in [0.2, 0.25) is 0 Å². The highest BCUT2D eigenvalue weighted by Crippen LogP contribution is 2.09. The van der Waals surface area contributed by atoms with Crippen LogP contribution < -0.4 is 0 Å². The van der Waals surface area contributed by atoms with Gasteiger partial charge >= 0.3 is 11.9 Å². The summed E-state index contributed by atoms with van der Waals surface area (Å²) in [4.78, 5) is 39.8. The number of methoxy groups -OCH3 is 2. The molecule has 0 aromatic carbocycles. The van der Waals surface area contributed by atoms with E-state index >= 15 is 0 Å². The number of amides is 1. The lowest BCUT2D eigenvalue weighted by Crippen LogP contribution is -2.40. The molecule has 1 amide bonds. The smallest absolute Gasteiger partial charge is 0.325 e. The lowest BCUT2D eigenvalue weighted by atomic mass is 10.3. The van der Waals surface area contributed by atoms with Gasteiger partial charge in [0.05, 0.1) is 14.2 Å². The summed E-state index contributed by atoms with van der Waals surface area (Å²) in [6, 6.07) is 4.76. The number of halogens is 1. The third-order valence-electron chi connectivity index (χ3n) is 2.32. The lowest BCUT2D eigenvalue weighted by molar-refractivity contribution is -0.144. The van der Waals surface area contributed by atoms with Gasteiger partial charge in [-0.25, -0.2) is 4.98 Å². The van der Waals surface area contributed by atoms with E-state index in [-0.39, 0.29) is 18.8 Å². The first-order valence-corrected chi connectivity index (χ1v) is 6.32. The Labute approximate surface area is 124 Å². The molecule has 1 aromatic rings. The second-order valence-corrected chi connectivity index (χ2v) is 4.47. The minimum atomic E-state index is -0.641. The van der Waals surface area contributed by atoms with Gasteiger partial charge in [0.1, 0.15) is 23.4 Å². The minimum absolute atomic E-state index is 0.104. The molecule has 0 saturated carbocycles. The van der Waals surface area contributed by atoms with Gasteiger partial charge in [0.15, 0.2) is 0 Å². The molecule has 0 atom stereocenters. The molecule has 0 radical (unpaired) electrons. The summed E-state index contributed by atoms with van der Waals surface area (Å²) >= 11 is 3.14. The van der Waals surface area contributed by atoms with Crippen molar-refractivity contribution in [3.8, 4) is 0 Å². The number of esters is 2. The number of pyridine rings is 1. The molecule has 0 bridgehead atoms. The van der Waals surface area contributed by atoms with E-state index in [1.165, 1.54) is 20.3 Å². The molecule has 0 aliphatic rings. The number of carbonyl (C=O) groups excluding carboxylic acids is 3. The Morgan fingerprint density at radius 1 is 1.15 bits per heavy atom. The van der Waals surface area contributed by atoms with Crippen LogP contribution >= 0.6 is 15.9 Å². The molecule has 0 aliphatic carbocycles. The molecule has 1 aromatic heterocycles. The van der Waals surface area contributed by atoms with E-state index in [2.05, 4.69) is 30.4 Å². The van der Waals surface area contributed by atoms with Gasteiger partial charge in [0, 0.05) is 0 Å². The van der Waals surface area contributed by atoms with Crippen molar-refractivity contribution in [3.63, 3.8) is 0 Å². The zero-order chi connectivity index (χ0) is 15.1. The lowest BCUT2D eigenvalue weighted by Gasteiger charge is -2.19. The Morgan fingerprint density at radius 2 is 1.70 bits per heavy atom. The quantitative estimate of drug-likeness (QED) is 0.575. The largest absolute Gasteiger partial charge is 0.468 e. The maximum Gasteiger partial charge on any atom is 0.325 e. The van der Waals surface area contributed by atoms with Crippen LogP contribution in [0.1, 0.15) is 10.5 Å². The fourth-order valence-corrected chi connectivity index (χ4v) is 1.67. The number of rotatable bonds is 5. The Balaban J connectivity index is 2.93. The van der Waals surface area contributed by atoms with E-state index in [0.29, 0.717) is 4.60 Å². The van der Waals surface area contributed by atoms with Crippen LogP contribution in [0.4, 0.5) is 0 Å². The van der Waals surface area contributed by atoms with Crippen molar-refractivity contribution in [2.75, 3.05) is 27.3 Å². The van der Waals surface area contributed by atoms with Crippen LogP contribution in [0.15, 0.2) is 22.8 Å². The molecule has 0 spiro atoms. The third kappa shape index (κ3) is 4.61. The first-order chi connectivity index (χ1) is 9.47. The van der Waals surface area contributed by atoms with Gasteiger partial charge < -0.3 is 14.4 Å². The highest BCUT2D eigenvalue weighted by atomic mass is 79.9. The molecule has 1 heterocycles. The Morgan fingerprint density at radius 3 is 2.15 bits per heavy atom. The molecule has 0 aliphatic heterocycles. The Kier molecular flexibility index (Phi) is 6.10. The predicted octanol–water partition coefficient (Wildman–Crippen LogP) is 0.632. The van der Waals surface area contributed by atoms with Crippen LogP contribution in [-0.4, -0.2) is 55.0 Å². The van der Waals surface area contributed by atoms with Crippen LogP contribution in [0.25, 0.3) is 0 Å². The summed E-state index contributed by atoms with van der Waals surface area (Å²) in [6.45, 7) is -0.725. The zero-order valence-electron chi connectivity index (χ0n) is 11.0. The number of aromatic nitrogens is 1. The number of carbonyl (C=O) groups is 3. The van der Waals surface area contributed by atoms with Crippen LogP contribution in [0.3, 0.4) is 0 Å². The van der Waals surface area contributed by atoms with Crippen LogP contribution in [0.5, 0.6) is 0 Å². The Hall–Kier alpha value is -1.96. The number of hydrogen-bond acceptors (Lipinski definition) is 6. The van der Waals surface area contributed by atoms with Crippen molar-refractivity contribution >= 4 is 33.8 Å². The summed E-state index contributed by atoms with van der Waals surface area (Å²) in [5, 5.41) is 0. The van der Waals surface area contributed by atoms with Gasteiger partial charge in [0.25, 0.3) is 5.91 Å². The molecule has 0 N–H and O–H groups in total. The van der Waals surface area contributed by atoms with E-state index < -0.39 is 17.8 Å². The molecule has 7 nitrogen and oxygen atoms in total. The average molecular weight is 345 g/mol. The Bertz CT molecular complexity index is 502. The molecule has 0 unspecified atom stereocenters. The highest BCUT2D eigenvalue weighted by Gasteiger charge is 2.23. The predicted molar refractivity (Wildman–Crippen MR) is 71.9 cm³/mol. The minimum Gasteiger partial charge on any atom is -0.468 e. The van der Waals surface area contributed by atoms with Gasteiger partial charge in [-0.2, -0.15) is 0 Å². The van der Waals surface area contributed by atoms with E-state index in [9.17, 15) is 14.4 Å². The molecule has 1 rings (SSSR count). The summed E-state index contributed by atoms with van der Waals surface area (Å²) in [6.07, 6.45) is 0. The molecule has 20 heavy (non-hydrogen) atoms. The molecule has 0 saturated heterocycles. The van der Waals surface area contributed by atoms with Gasteiger partial charge in [-0.05, 0) is 28.1 Å². The molecule has 108 valence electrons. The van der Waals surface area contributed by atoms with E-state index in [0.717, 1.165) is 4.90 Å². The first-order valence-electron chi connectivity index (χ1n) is 5.53. The summed E-state index contributed by atoms with van der Waals surface area (Å²) < 4.78 is 9.45. The van der Waals surface area contributed by atoms with Crippen molar-refractivity contribution in [3.05, 3.63) is 28.5 Å². The standard InChI is InChI=1S/C12H13BrN2O5/c1-19-10(16)6-15(7-11(17)20-2)12(18)8-4-3-5-9(13)14-8/h3-5H,6-7H2,1-2H3. The first kappa shape index (κ1) is 16.1. The normalized spacial score (nSPS) is 9.75. The van der Waals surface area contributed by atoms with Crippen molar-refractivity contribution in [1.82, 2.24) is 9.88 Å². The SMILES string of the molecule is COC(=O)CN(CC(=O)OC)C(=O)c1cccc(Br)n1. The fraction of sp³-hybridized carbons (Fsp3) is 0.333. The molecular formula is C12H13BrN2O5. The van der Waals surface area contributed by atoms with Gasteiger partial charge in [-0.3, -0.25) is 14.4 Å². The van der Waals surface area contributed by atoms with Crippen molar-refractivity contribution in [1.29, 1.82) is 0 Å². The van der Waals surface area contributed by atoms with Gasteiger partial charge in [-0.1, -0.05) is 6.07 Å². The average Bonchev–Trinajstić information content (AvgIpc) is 2.45. The number of ether oxygens (including phenoxy) is 2.